The van der Waals surface area contributed by atoms with Crippen LogP contribution in [0.15, 0.2) is 54.6 Å². The van der Waals surface area contributed by atoms with Gasteiger partial charge in [0.05, 0.1) is 11.8 Å². The molecule has 0 saturated carbocycles. The van der Waals surface area contributed by atoms with Gasteiger partial charge in [-0.2, -0.15) is 0 Å². The molecule has 1 N–H and O–H groups in total. The maximum atomic E-state index is 12.7. The van der Waals surface area contributed by atoms with Crippen molar-refractivity contribution < 1.29 is 9.53 Å². The number of piperazine rings is 1. The highest BCUT2D eigenvalue weighted by Gasteiger charge is 2.21. The number of nitrogens with one attached hydrogen (secondary N) is 1. The molecule has 1 amide bonds. The van der Waals surface area contributed by atoms with Gasteiger partial charge in [0.2, 0.25) is 0 Å². The Kier molecular flexibility index (Phi) is 6.15. The highest BCUT2D eigenvalue weighted by Crippen LogP contribution is 2.36. The van der Waals surface area contributed by atoms with Crippen LogP contribution in [0.25, 0.3) is 21.0 Å². The minimum Gasteiger partial charge on any atom is -0.494 e. The highest BCUT2D eigenvalue weighted by molar-refractivity contribution is 7.22. The summed E-state index contributed by atoms with van der Waals surface area (Å²) in [6, 6.07) is 18.0. The van der Waals surface area contributed by atoms with Crippen LogP contribution in [0.5, 0.6) is 5.75 Å². The monoisotopic (exact) mass is 460 g/mol. The lowest BCUT2D eigenvalue weighted by molar-refractivity contribution is 0.0949. The fourth-order valence-corrected chi connectivity index (χ4v) is 5.51. The van der Waals surface area contributed by atoms with Gasteiger partial charge in [0.25, 0.3) is 5.91 Å². The summed E-state index contributed by atoms with van der Waals surface area (Å²) in [4.78, 5) is 22.4. The summed E-state index contributed by atoms with van der Waals surface area (Å²) >= 11 is 1.74. The molecule has 33 heavy (non-hydrogen) atoms. The van der Waals surface area contributed by atoms with Crippen LogP contribution in [0.2, 0.25) is 0 Å². The van der Waals surface area contributed by atoms with Gasteiger partial charge >= 0.3 is 0 Å². The number of anilines is 1. The van der Waals surface area contributed by atoms with E-state index in [0.717, 1.165) is 65.5 Å². The first-order chi connectivity index (χ1) is 16.1. The van der Waals surface area contributed by atoms with Gasteiger partial charge in [-0.1, -0.05) is 53.8 Å². The summed E-state index contributed by atoms with van der Waals surface area (Å²) in [7, 11) is 1.70. The summed E-state index contributed by atoms with van der Waals surface area (Å²) in [6.07, 6.45) is 0. The molecule has 3 aromatic carbocycles. The lowest BCUT2D eigenvalue weighted by Gasteiger charge is -2.34. The molecule has 7 heteroatoms. The number of aromatic nitrogens is 1. The van der Waals surface area contributed by atoms with Crippen molar-refractivity contribution >= 4 is 43.4 Å². The second-order valence-corrected chi connectivity index (χ2v) is 9.35. The number of ether oxygens (including phenoxy) is 1. The number of carbonyl (C=O) groups is 1. The molecule has 0 atom stereocenters. The summed E-state index contributed by atoms with van der Waals surface area (Å²) in [5.41, 5.74) is 2.92. The summed E-state index contributed by atoms with van der Waals surface area (Å²) in [6.45, 7) is 7.37. The number of methoxy groups -OCH3 is 1. The quantitative estimate of drug-likeness (QED) is 0.464. The smallest absolute Gasteiger partial charge is 0.251 e. The number of nitrogens with zero attached hydrogens (tertiary/aromatic N) is 3. The lowest BCUT2D eigenvalue weighted by Crippen LogP contribution is -2.48. The maximum Gasteiger partial charge on any atom is 0.251 e. The van der Waals surface area contributed by atoms with Crippen molar-refractivity contribution in [2.45, 2.75) is 6.92 Å². The fraction of sp³-hybridized carbons (Fsp3) is 0.308. The maximum absolute atomic E-state index is 12.7. The van der Waals surface area contributed by atoms with Gasteiger partial charge in [0.15, 0.2) is 5.13 Å². The molecule has 1 aliphatic heterocycles. The first-order valence-electron chi connectivity index (χ1n) is 11.3. The molecular weight excluding hydrogens is 432 g/mol. The van der Waals surface area contributed by atoms with E-state index in [9.17, 15) is 4.79 Å². The average Bonchev–Trinajstić information content (AvgIpc) is 3.31. The van der Waals surface area contributed by atoms with E-state index in [1.54, 1.807) is 18.4 Å². The van der Waals surface area contributed by atoms with Gasteiger partial charge in [-0.15, -0.1) is 0 Å². The van der Waals surface area contributed by atoms with Crippen LogP contribution in [-0.2, 0) is 0 Å². The number of carbonyl (C=O) groups excluding carboxylic acids is 1. The fourth-order valence-electron chi connectivity index (χ4n) is 4.41. The van der Waals surface area contributed by atoms with Crippen LogP contribution in [0, 0.1) is 6.92 Å². The van der Waals surface area contributed by atoms with E-state index in [2.05, 4.69) is 28.1 Å². The number of thiazole rings is 1. The molecule has 0 unspecified atom stereocenters. The van der Waals surface area contributed by atoms with Crippen molar-refractivity contribution in [2.24, 2.45) is 0 Å². The van der Waals surface area contributed by atoms with Gasteiger partial charge < -0.3 is 15.0 Å². The molecule has 170 valence electrons. The Morgan fingerprint density at radius 1 is 1.06 bits per heavy atom. The lowest BCUT2D eigenvalue weighted by atomic mass is 10.0. The molecule has 1 fully saturated rings. The van der Waals surface area contributed by atoms with Crippen LogP contribution < -0.4 is 15.0 Å². The molecule has 0 radical (unpaired) electrons. The van der Waals surface area contributed by atoms with E-state index < -0.39 is 0 Å². The van der Waals surface area contributed by atoms with E-state index in [-0.39, 0.29) is 5.91 Å². The van der Waals surface area contributed by atoms with E-state index in [1.165, 1.54) is 10.3 Å². The van der Waals surface area contributed by atoms with E-state index in [4.69, 9.17) is 9.72 Å². The number of hydrogen-bond donors (Lipinski definition) is 1. The van der Waals surface area contributed by atoms with E-state index >= 15 is 0 Å². The van der Waals surface area contributed by atoms with Crippen LogP contribution in [-0.4, -0.2) is 62.2 Å². The van der Waals surface area contributed by atoms with Crippen molar-refractivity contribution in [3.05, 3.63) is 65.7 Å². The van der Waals surface area contributed by atoms with Crippen LogP contribution >= 0.6 is 11.3 Å². The Labute approximate surface area is 197 Å². The highest BCUT2D eigenvalue weighted by atomic mass is 32.1. The molecule has 6 nitrogen and oxygen atoms in total. The standard InChI is InChI=1S/C26H28N4O2S/c1-18-10-11-22(32-2)23-24(18)33-26(28-23)30-16-14-29(15-17-30)13-12-27-25(31)21-9-5-7-19-6-3-4-8-20(19)21/h3-11H,12-17H2,1-2H3,(H,27,31). The Hall–Kier alpha value is -3.16. The van der Waals surface area contributed by atoms with Gasteiger partial charge in [0.1, 0.15) is 11.3 Å². The number of benzene rings is 3. The topological polar surface area (TPSA) is 57.7 Å². The Balaban J connectivity index is 1.16. The molecule has 1 saturated heterocycles. The zero-order valence-corrected chi connectivity index (χ0v) is 19.8. The molecular formula is C26H28N4O2S. The third kappa shape index (κ3) is 4.38. The Morgan fingerprint density at radius 3 is 2.67 bits per heavy atom. The molecule has 4 aromatic rings. The second kappa shape index (κ2) is 9.37. The minimum atomic E-state index is -0.00997. The van der Waals surface area contributed by atoms with Crippen molar-refractivity contribution in [1.82, 2.24) is 15.2 Å². The molecule has 1 aromatic heterocycles. The molecule has 1 aliphatic rings. The number of rotatable bonds is 6. The van der Waals surface area contributed by atoms with Crippen LogP contribution in [0.3, 0.4) is 0 Å². The number of hydrogen-bond acceptors (Lipinski definition) is 6. The Bertz CT molecular complexity index is 1290. The first-order valence-corrected chi connectivity index (χ1v) is 12.1. The predicted octanol–water partition coefficient (Wildman–Crippen LogP) is 4.32. The van der Waals surface area contributed by atoms with Gasteiger partial charge in [-0.05, 0) is 35.4 Å². The summed E-state index contributed by atoms with van der Waals surface area (Å²) in [5.74, 6) is 0.822. The van der Waals surface area contributed by atoms with Gasteiger partial charge in [-0.3, -0.25) is 9.69 Å². The number of amides is 1. The predicted molar refractivity (Wildman–Crippen MR) is 136 cm³/mol. The zero-order valence-electron chi connectivity index (χ0n) is 19.0. The molecule has 0 bridgehead atoms. The number of aryl methyl sites for hydroxylation is 1. The largest absolute Gasteiger partial charge is 0.494 e. The summed E-state index contributed by atoms with van der Waals surface area (Å²) < 4.78 is 6.70. The second-order valence-electron chi connectivity index (χ2n) is 8.37. The SMILES string of the molecule is COc1ccc(C)c2sc(N3CCN(CCNC(=O)c4cccc5ccccc45)CC3)nc12. The third-order valence-corrected chi connectivity index (χ3v) is 7.55. The van der Waals surface area contributed by atoms with Crippen LogP contribution in [0.1, 0.15) is 15.9 Å². The third-order valence-electron chi connectivity index (χ3n) is 6.30. The molecule has 5 rings (SSSR count). The van der Waals surface area contributed by atoms with Crippen LogP contribution in [0.4, 0.5) is 5.13 Å². The molecule has 0 aliphatic carbocycles. The van der Waals surface area contributed by atoms with Gasteiger partial charge in [-0.25, -0.2) is 4.98 Å². The van der Waals surface area contributed by atoms with Crippen molar-refractivity contribution in [3.8, 4) is 5.75 Å². The Morgan fingerprint density at radius 2 is 1.85 bits per heavy atom. The normalized spacial score (nSPS) is 14.7. The summed E-state index contributed by atoms with van der Waals surface area (Å²) in [5, 5.41) is 6.24. The van der Waals surface area contributed by atoms with E-state index in [1.807, 2.05) is 48.5 Å². The average molecular weight is 461 g/mol. The van der Waals surface area contributed by atoms with Crippen molar-refractivity contribution in [2.75, 3.05) is 51.3 Å². The zero-order chi connectivity index (χ0) is 22.8. The first kappa shape index (κ1) is 21.7. The molecule has 2 heterocycles. The van der Waals surface area contributed by atoms with E-state index in [0.29, 0.717) is 6.54 Å². The van der Waals surface area contributed by atoms with Gasteiger partial charge in [0, 0.05) is 44.8 Å². The minimum absolute atomic E-state index is 0.00997. The number of fused-ring (bicyclic) bond motifs is 2. The molecule has 0 spiro atoms. The van der Waals surface area contributed by atoms with Crippen molar-refractivity contribution in [1.29, 1.82) is 0 Å². The van der Waals surface area contributed by atoms with Crippen molar-refractivity contribution in [3.63, 3.8) is 0 Å².